The fourth-order valence-electron chi connectivity index (χ4n) is 6.30. The van der Waals surface area contributed by atoms with Gasteiger partial charge in [-0.2, -0.15) is 8.42 Å². The average Bonchev–Trinajstić information content (AvgIpc) is 3.12. The Hall–Kier alpha value is -1.46. The summed E-state index contributed by atoms with van der Waals surface area (Å²) < 4.78 is 47.3. The zero-order valence-corrected chi connectivity index (χ0v) is 33.3. The molecular formula is C39H73NO12S. The lowest BCUT2D eigenvalue weighted by atomic mass is 9.99. The van der Waals surface area contributed by atoms with E-state index < -0.39 is 78.5 Å². The molecule has 13 nitrogen and oxygen atoms in total. The highest BCUT2D eigenvalue weighted by molar-refractivity contribution is 7.80. The van der Waals surface area contributed by atoms with Gasteiger partial charge in [0.15, 0.2) is 6.29 Å². The normalized spacial score (nSPS) is 22.8. The summed E-state index contributed by atoms with van der Waals surface area (Å²) in [5, 5.41) is 54.8. The lowest BCUT2D eigenvalue weighted by Crippen LogP contribution is -2.61. The third-order valence-corrected chi connectivity index (χ3v) is 10.1. The van der Waals surface area contributed by atoms with Crippen LogP contribution in [0.3, 0.4) is 0 Å². The first kappa shape index (κ1) is 49.6. The molecule has 53 heavy (non-hydrogen) atoms. The number of unbranched alkanes of at least 4 members (excludes halogenated alkanes) is 18. The van der Waals surface area contributed by atoms with Crippen molar-refractivity contribution in [2.75, 3.05) is 13.2 Å². The fraction of sp³-hybridized carbons (Fsp3) is 0.872. The van der Waals surface area contributed by atoms with Crippen molar-refractivity contribution in [3.8, 4) is 0 Å². The van der Waals surface area contributed by atoms with Crippen molar-refractivity contribution < 1.29 is 57.0 Å². The molecule has 8 unspecified atom stereocenters. The zero-order chi connectivity index (χ0) is 39.3. The Morgan fingerprint density at radius 3 is 1.81 bits per heavy atom. The Kier molecular flexibility index (Phi) is 28.7. The lowest BCUT2D eigenvalue weighted by Gasteiger charge is -2.41. The first-order valence-electron chi connectivity index (χ1n) is 20.3. The van der Waals surface area contributed by atoms with E-state index in [1.54, 1.807) is 6.08 Å². The van der Waals surface area contributed by atoms with Crippen LogP contribution in [-0.2, 0) is 28.9 Å². The minimum Gasteiger partial charge on any atom is -0.394 e. The van der Waals surface area contributed by atoms with Gasteiger partial charge >= 0.3 is 10.4 Å². The van der Waals surface area contributed by atoms with Crippen LogP contribution in [-0.4, -0.2) is 107 Å². The molecule has 1 amide bonds. The first-order chi connectivity index (χ1) is 25.4. The van der Waals surface area contributed by atoms with Crippen LogP contribution in [0, 0.1) is 0 Å². The monoisotopic (exact) mass is 779 g/mol. The van der Waals surface area contributed by atoms with Crippen LogP contribution in [0.5, 0.6) is 0 Å². The Bertz CT molecular complexity index is 1070. The van der Waals surface area contributed by atoms with Gasteiger partial charge in [0, 0.05) is 0 Å². The number of amides is 1. The average molecular weight is 780 g/mol. The molecule has 0 aromatic heterocycles. The molecule has 7 N–H and O–H groups in total. The van der Waals surface area contributed by atoms with Crippen LogP contribution in [0.1, 0.15) is 155 Å². The van der Waals surface area contributed by atoms with Crippen molar-refractivity contribution in [1.29, 1.82) is 0 Å². The second kappa shape index (κ2) is 30.7. The van der Waals surface area contributed by atoms with E-state index in [2.05, 4.69) is 35.5 Å². The van der Waals surface area contributed by atoms with Crippen LogP contribution in [0.2, 0.25) is 0 Å². The molecule has 0 bridgehead atoms. The summed E-state index contributed by atoms with van der Waals surface area (Å²) in [4.78, 5) is 13.0. The molecule has 0 aromatic rings. The van der Waals surface area contributed by atoms with Gasteiger partial charge in [-0.3, -0.25) is 9.35 Å². The highest BCUT2D eigenvalue weighted by Gasteiger charge is 2.48. The van der Waals surface area contributed by atoms with Gasteiger partial charge in [0.1, 0.15) is 30.5 Å². The van der Waals surface area contributed by atoms with Crippen LogP contribution in [0.4, 0.5) is 0 Å². The number of aliphatic hydroxyl groups is 5. The van der Waals surface area contributed by atoms with E-state index in [1.165, 1.54) is 89.5 Å². The number of aliphatic hydroxyl groups excluding tert-OH is 5. The number of rotatable bonds is 33. The molecule has 1 aliphatic rings. The Morgan fingerprint density at radius 1 is 0.755 bits per heavy atom. The van der Waals surface area contributed by atoms with Gasteiger partial charge in [0.25, 0.3) is 0 Å². The van der Waals surface area contributed by atoms with Gasteiger partial charge in [-0.1, -0.05) is 147 Å². The molecule has 1 aliphatic heterocycles. The Balaban J connectivity index is 2.72. The van der Waals surface area contributed by atoms with Gasteiger partial charge in [-0.15, -0.1) is 0 Å². The van der Waals surface area contributed by atoms with Crippen LogP contribution in [0.25, 0.3) is 0 Å². The molecule has 1 saturated heterocycles. The summed E-state index contributed by atoms with van der Waals surface area (Å²) in [5.41, 5.74) is 0. The maximum Gasteiger partial charge on any atom is 0.397 e. The molecule has 1 fully saturated rings. The standard InChI is InChI=1S/C39H73NO12S/c1-3-5-7-9-11-13-15-16-17-18-20-21-23-25-27-32(42)31(40-38(46)33(43)28-26-24-22-19-14-12-10-8-6-4-2)30-50-39-36(45)37(52-53(47,48)49)35(44)34(29-41)51-39/h18,20,25,27,31-37,39,41-45H,3-17,19,21-24,26,28-30H2,1-2H3,(H,40,46)(H,47,48,49)/b20-18+,27-25+. The summed E-state index contributed by atoms with van der Waals surface area (Å²) in [7, 11) is -5.11. The smallest absolute Gasteiger partial charge is 0.394 e. The molecule has 0 aromatic carbocycles. The topological polar surface area (TPSA) is 212 Å². The number of hydrogen-bond acceptors (Lipinski definition) is 11. The van der Waals surface area contributed by atoms with Crippen molar-refractivity contribution in [2.45, 2.75) is 204 Å². The number of carbonyl (C=O) groups is 1. The number of carbonyl (C=O) groups excluding carboxylic acids is 1. The first-order valence-corrected chi connectivity index (χ1v) is 21.7. The molecular weight excluding hydrogens is 706 g/mol. The van der Waals surface area contributed by atoms with E-state index in [0.717, 1.165) is 38.5 Å². The van der Waals surface area contributed by atoms with E-state index in [9.17, 15) is 38.7 Å². The maximum atomic E-state index is 13.0. The van der Waals surface area contributed by atoms with Gasteiger partial charge in [-0.05, 0) is 32.1 Å². The maximum absolute atomic E-state index is 13.0. The third-order valence-electron chi connectivity index (χ3n) is 9.59. The van der Waals surface area contributed by atoms with Gasteiger partial charge in [0.2, 0.25) is 5.91 Å². The number of allylic oxidation sites excluding steroid dienone is 3. The fourth-order valence-corrected chi connectivity index (χ4v) is 6.81. The quantitative estimate of drug-likeness (QED) is 0.0248. The molecule has 0 spiro atoms. The zero-order valence-electron chi connectivity index (χ0n) is 32.4. The minimum atomic E-state index is -5.11. The van der Waals surface area contributed by atoms with Gasteiger partial charge < -0.3 is 40.3 Å². The molecule has 14 heteroatoms. The van der Waals surface area contributed by atoms with Gasteiger partial charge in [0.05, 0.1) is 25.4 Å². The van der Waals surface area contributed by atoms with Crippen LogP contribution < -0.4 is 5.32 Å². The van der Waals surface area contributed by atoms with Gasteiger partial charge in [-0.25, -0.2) is 4.18 Å². The van der Waals surface area contributed by atoms with Crippen molar-refractivity contribution in [3.05, 3.63) is 24.3 Å². The molecule has 1 rings (SSSR count). The third kappa shape index (κ3) is 23.9. The second-order valence-electron chi connectivity index (χ2n) is 14.4. The Morgan fingerprint density at radius 2 is 1.26 bits per heavy atom. The summed E-state index contributed by atoms with van der Waals surface area (Å²) in [6.07, 6.45) is 20.0. The Labute approximate surface area is 319 Å². The molecule has 8 atom stereocenters. The van der Waals surface area contributed by atoms with Crippen molar-refractivity contribution in [3.63, 3.8) is 0 Å². The molecule has 0 saturated carbocycles. The second-order valence-corrected chi connectivity index (χ2v) is 15.4. The van der Waals surface area contributed by atoms with E-state index in [4.69, 9.17) is 14.0 Å². The summed E-state index contributed by atoms with van der Waals surface area (Å²) in [6, 6.07) is -1.13. The van der Waals surface area contributed by atoms with Crippen molar-refractivity contribution in [2.24, 2.45) is 0 Å². The van der Waals surface area contributed by atoms with Crippen LogP contribution in [0.15, 0.2) is 24.3 Å². The predicted octanol–water partition coefficient (Wildman–Crippen LogP) is 5.57. The van der Waals surface area contributed by atoms with E-state index in [-0.39, 0.29) is 6.42 Å². The molecule has 1 heterocycles. The highest BCUT2D eigenvalue weighted by Crippen LogP contribution is 2.26. The van der Waals surface area contributed by atoms with Crippen LogP contribution >= 0.6 is 0 Å². The van der Waals surface area contributed by atoms with Crippen molar-refractivity contribution >= 4 is 16.3 Å². The number of ether oxygens (including phenoxy) is 2. The summed E-state index contributed by atoms with van der Waals surface area (Å²) in [5.74, 6) is -0.716. The van der Waals surface area contributed by atoms with E-state index >= 15 is 0 Å². The molecule has 0 aliphatic carbocycles. The number of nitrogens with one attached hydrogen (secondary N) is 1. The molecule has 312 valence electrons. The van der Waals surface area contributed by atoms with E-state index in [0.29, 0.717) is 12.8 Å². The minimum absolute atomic E-state index is 0.238. The summed E-state index contributed by atoms with van der Waals surface area (Å²) in [6.45, 7) is 3.14. The molecule has 0 radical (unpaired) electrons. The van der Waals surface area contributed by atoms with Crippen molar-refractivity contribution in [1.82, 2.24) is 5.32 Å². The lowest BCUT2D eigenvalue weighted by molar-refractivity contribution is -0.298. The largest absolute Gasteiger partial charge is 0.397 e. The number of hydrogen-bond donors (Lipinski definition) is 7. The predicted molar refractivity (Wildman–Crippen MR) is 205 cm³/mol. The van der Waals surface area contributed by atoms with E-state index in [1.807, 2.05) is 0 Å². The highest BCUT2D eigenvalue weighted by atomic mass is 32.3. The summed E-state index contributed by atoms with van der Waals surface area (Å²) >= 11 is 0. The SMILES string of the molecule is CCCCCCCCCC/C=C/CC/C=C/C(O)C(COC1OC(CO)C(O)C(OS(=O)(=O)O)C1O)NC(=O)C(O)CCCCCCCCCCCC.